The monoisotopic (exact) mass is 404 g/mol. The molecule has 0 bridgehead atoms. The van der Waals surface area contributed by atoms with Crippen LogP contribution in [-0.4, -0.2) is 33.2 Å². The van der Waals surface area contributed by atoms with E-state index in [9.17, 15) is 14.7 Å². The maximum absolute atomic E-state index is 13.3. The number of hydrogen-bond donors (Lipinski definition) is 1. The van der Waals surface area contributed by atoms with Gasteiger partial charge in [-0.3, -0.25) is 9.59 Å². The largest absolute Gasteiger partial charge is 0.503 e. The van der Waals surface area contributed by atoms with Gasteiger partial charge < -0.3 is 10.0 Å². The highest BCUT2D eigenvalue weighted by Gasteiger charge is 2.45. The van der Waals surface area contributed by atoms with Gasteiger partial charge >= 0.3 is 0 Å². The first kappa shape index (κ1) is 19.8. The number of carbonyl (C=O) groups excluding carboxylic acids is 2. The van der Waals surface area contributed by atoms with E-state index in [1.807, 2.05) is 25.3 Å². The summed E-state index contributed by atoms with van der Waals surface area (Å²) in [7, 11) is 0. The lowest BCUT2D eigenvalue weighted by Gasteiger charge is -2.26. The molecule has 1 aliphatic heterocycles. The fraction of sp³-hybridized carbons (Fsp3) is 0.450. The lowest BCUT2D eigenvalue weighted by atomic mass is 9.98. The summed E-state index contributed by atoms with van der Waals surface area (Å²) in [5.74, 6) is -1.16. The van der Waals surface area contributed by atoms with Gasteiger partial charge in [-0.25, -0.2) is 4.98 Å². The van der Waals surface area contributed by atoms with E-state index in [1.165, 1.54) is 22.7 Å². The number of nitrogens with zero attached hydrogens (tertiary/aromatic N) is 2. The number of hydrogen-bond acceptors (Lipinski definition) is 6. The van der Waals surface area contributed by atoms with Crippen molar-refractivity contribution in [3.05, 3.63) is 48.8 Å². The average Bonchev–Trinajstić information content (AvgIpc) is 3.26. The Morgan fingerprint density at radius 2 is 2.04 bits per heavy atom. The Kier molecular flexibility index (Phi) is 5.81. The minimum absolute atomic E-state index is 0.189. The quantitative estimate of drug-likeness (QED) is 0.526. The number of thiophene rings is 1. The first-order chi connectivity index (χ1) is 12.9. The molecule has 1 aliphatic rings. The number of thiazole rings is 1. The molecule has 2 aromatic heterocycles. The number of rotatable bonds is 7. The Bertz CT molecular complexity index is 910. The van der Waals surface area contributed by atoms with E-state index in [0.717, 1.165) is 34.7 Å². The van der Waals surface area contributed by atoms with E-state index in [-0.39, 0.29) is 11.4 Å². The molecule has 27 heavy (non-hydrogen) atoms. The summed E-state index contributed by atoms with van der Waals surface area (Å²) in [6.07, 6.45) is 2.88. The van der Waals surface area contributed by atoms with Crippen LogP contribution >= 0.6 is 22.7 Å². The van der Waals surface area contributed by atoms with Gasteiger partial charge in [-0.2, -0.15) is 0 Å². The van der Waals surface area contributed by atoms with Crippen molar-refractivity contribution in [3.8, 4) is 0 Å². The van der Waals surface area contributed by atoms with E-state index in [1.54, 1.807) is 11.8 Å². The molecule has 1 unspecified atom stereocenters. The fourth-order valence-corrected chi connectivity index (χ4v) is 5.37. The number of unbranched alkanes of at least 4 members (excludes halogenated alkanes) is 2. The first-order valence-corrected chi connectivity index (χ1v) is 10.8. The van der Waals surface area contributed by atoms with Crippen molar-refractivity contribution in [1.29, 1.82) is 0 Å². The zero-order valence-electron chi connectivity index (χ0n) is 16.0. The van der Waals surface area contributed by atoms with Gasteiger partial charge in [0.25, 0.3) is 5.91 Å². The Labute approximate surface area is 167 Å². The van der Waals surface area contributed by atoms with Crippen molar-refractivity contribution in [2.45, 2.75) is 53.0 Å². The van der Waals surface area contributed by atoms with Crippen LogP contribution in [0, 0.1) is 20.8 Å². The van der Waals surface area contributed by atoms with Gasteiger partial charge in [0.15, 0.2) is 5.76 Å². The molecule has 3 rings (SSSR count). The van der Waals surface area contributed by atoms with Crippen LogP contribution < -0.4 is 0 Å². The van der Waals surface area contributed by atoms with Crippen molar-refractivity contribution >= 4 is 34.4 Å². The number of ketones is 1. The molecular formula is C20H24N2O3S2. The van der Waals surface area contributed by atoms with Gasteiger partial charge in [-0.1, -0.05) is 19.8 Å². The molecule has 0 spiro atoms. The van der Waals surface area contributed by atoms with E-state index < -0.39 is 17.7 Å². The lowest BCUT2D eigenvalue weighted by molar-refractivity contribution is -0.129. The van der Waals surface area contributed by atoms with E-state index in [4.69, 9.17) is 0 Å². The third-order valence-corrected chi connectivity index (χ3v) is 6.95. The molecule has 144 valence electrons. The van der Waals surface area contributed by atoms with E-state index >= 15 is 0 Å². The Hall–Kier alpha value is -1.99. The van der Waals surface area contributed by atoms with Crippen LogP contribution in [0.3, 0.4) is 0 Å². The van der Waals surface area contributed by atoms with Crippen LogP contribution in [0.4, 0.5) is 0 Å². The summed E-state index contributed by atoms with van der Waals surface area (Å²) in [4.78, 5) is 33.5. The summed E-state index contributed by atoms with van der Waals surface area (Å²) >= 11 is 2.82. The van der Waals surface area contributed by atoms with Crippen LogP contribution in [0.1, 0.15) is 63.0 Å². The second-order valence-corrected chi connectivity index (χ2v) is 8.97. The van der Waals surface area contributed by atoms with Crippen LogP contribution in [-0.2, 0) is 4.79 Å². The molecular weight excluding hydrogens is 380 g/mol. The van der Waals surface area contributed by atoms with Crippen LogP contribution in [0.2, 0.25) is 0 Å². The van der Waals surface area contributed by atoms with Crippen molar-refractivity contribution < 1.29 is 14.7 Å². The molecule has 5 nitrogen and oxygen atoms in total. The summed E-state index contributed by atoms with van der Waals surface area (Å²) < 4.78 is 0. The van der Waals surface area contributed by atoms with Gasteiger partial charge in [-0.05, 0) is 44.2 Å². The molecule has 0 radical (unpaired) electrons. The van der Waals surface area contributed by atoms with Gasteiger partial charge in [-0.15, -0.1) is 22.7 Å². The highest BCUT2D eigenvalue weighted by molar-refractivity contribution is 7.14. The standard InChI is InChI=1S/C20H24N2O3S2/c1-5-6-7-9-22-15(18-11(2)8-10-26-18)14(17(24)20(22)25)16(23)19-12(3)21-13(4)27-19/h8,10,15,24H,5-7,9H2,1-4H3. The van der Waals surface area contributed by atoms with Crippen LogP contribution in [0.15, 0.2) is 22.8 Å². The molecule has 0 fully saturated rings. The molecule has 1 atom stereocenters. The average molecular weight is 405 g/mol. The van der Waals surface area contributed by atoms with Crippen molar-refractivity contribution in [1.82, 2.24) is 9.88 Å². The zero-order chi connectivity index (χ0) is 19.7. The molecule has 0 saturated heterocycles. The molecule has 0 aromatic carbocycles. The number of amides is 1. The van der Waals surface area contributed by atoms with Gasteiger partial charge in [0.1, 0.15) is 0 Å². The first-order valence-electron chi connectivity index (χ1n) is 9.13. The maximum Gasteiger partial charge on any atom is 0.290 e. The SMILES string of the molecule is CCCCCN1C(=O)C(O)=C(C(=O)c2sc(C)nc2C)C1c1sccc1C. The third kappa shape index (κ3) is 3.58. The molecule has 1 N–H and O–H groups in total. The molecule has 7 heteroatoms. The minimum Gasteiger partial charge on any atom is -0.503 e. The third-order valence-electron chi connectivity index (χ3n) is 4.81. The minimum atomic E-state index is -0.524. The Balaban J connectivity index is 2.06. The van der Waals surface area contributed by atoms with Crippen LogP contribution in [0.5, 0.6) is 0 Å². The van der Waals surface area contributed by atoms with Crippen LogP contribution in [0.25, 0.3) is 0 Å². The topological polar surface area (TPSA) is 70.5 Å². The van der Waals surface area contributed by atoms with Gasteiger partial charge in [0, 0.05) is 11.4 Å². The van der Waals surface area contributed by atoms with Crippen molar-refractivity contribution in [2.24, 2.45) is 0 Å². The second kappa shape index (κ2) is 7.94. The van der Waals surface area contributed by atoms with E-state index in [0.29, 0.717) is 17.1 Å². The number of aliphatic hydroxyl groups excluding tert-OH is 1. The number of aliphatic hydroxyl groups is 1. The number of aromatic nitrogens is 1. The number of carbonyl (C=O) groups is 2. The Morgan fingerprint density at radius 3 is 2.59 bits per heavy atom. The van der Waals surface area contributed by atoms with E-state index in [2.05, 4.69) is 11.9 Å². The fourth-order valence-electron chi connectivity index (χ4n) is 3.45. The zero-order valence-corrected chi connectivity index (χ0v) is 17.7. The number of Topliss-reactive ketones (excluding diaryl/α,β-unsaturated/α-hetero) is 1. The molecule has 3 heterocycles. The molecule has 0 aliphatic carbocycles. The van der Waals surface area contributed by atoms with Gasteiger partial charge in [0.2, 0.25) is 5.78 Å². The van der Waals surface area contributed by atoms with Gasteiger partial charge in [0.05, 0.1) is 27.2 Å². The van der Waals surface area contributed by atoms with Crippen molar-refractivity contribution in [3.63, 3.8) is 0 Å². The predicted molar refractivity (Wildman–Crippen MR) is 109 cm³/mol. The summed E-state index contributed by atoms with van der Waals surface area (Å²) in [5, 5.41) is 13.4. The summed E-state index contributed by atoms with van der Waals surface area (Å²) in [6.45, 7) is 8.23. The smallest absolute Gasteiger partial charge is 0.290 e. The molecule has 2 aromatic rings. The highest BCUT2D eigenvalue weighted by atomic mass is 32.1. The summed E-state index contributed by atoms with van der Waals surface area (Å²) in [6, 6.07) is 1.46. The molecule has 0 saturated carbocycles. The maximum atomic E-state index is 13.3. The number of aryl methyl sites for hydroxylation is 3. The summed E-state index contributed by atoms with van der Waals surface area (Å²) in [5.41, 5.74) is 1.85. The highest BCUT2D eigenvalue weighted by Crippen LogP contribution is 2.43. The Morgan fingerprint density at radius 1 is 1.30 bits per heavy atom. The predicted octanol–water partition coefficient (Wildman–Crippen LogP) is 4.90. The lowest BCUT2D eigenvalue weighted by Crippen LogP contribution is -2.32. The second-order valence-electron chi connectivity index (χ2n) is 6.81. The van der Waals surface area contributed by atoms with Crippen molar-refractivity contribution in [2.75, 3.05) is 6.54 Å². The molecule has 1 amide bonds. The normalized spacial score (nSPS) is 17.3.